The molecule has 1 aliphatic rings. The Morgan fingerprint density at radius 3 is 2.54 bits per heavy atom. The highest BCUT2D eigenvalue weighted by Gasteiger charge is 2.18. The summed E-state index contributed by atoms with van der Waals surface area (Å²) in [5.41, 5.74) is 3.56. The molecule has 1 aliphatic carbocycles. The van der Waals surface area contributed by atoms with Gasteiger partial charge in [0.25, 0.3) is 11.8 Å². The topological polar surface area (TPSA) is 71.1 Å². The van der Waals surface area contributed by atoms with Gasteiger partial charge in [-0.1, -0.05) is 31.4 Å². The van der Waals surface area contributed by atoms with Gasteiger partial charge in [0.2, 0.25) is 0 Å². The van der Waals surface area contributed by atoms with Crippen LogP contribution in [0.15, 0.2) is 36.5 Å². The summed E-state index contributed by atoms with van der Waals surface area (Å²) in [5, 5.41) is 5.95. The summed E-state index contributed by atoms with van der Waals surface area (Å²) in [6.07, 6.45) is 7.07. The largest absolute Gasteiger partial charge is 0.348 e. The van der Waals surface area contributed by atoms with Crippen molar-refractivity contribution in [2.45, 2.75) is 52.0 Å². The van der Waals surface area contributed by atoms with Gasteiger partial charge in [0.05, 0.1) is 0 Å². The van der Waals surface area contributed by atoms with Crippen molar-refractivity contribution in [3.63, 3.8) is 0 Å². The van der Waals surface area contributed by atoms with Gasteiger partial charge in [0.15, 0.2) is 0 Å². The van der Waals surface area contributed by atoms with E-state index in [1.54, 1.807) is 12.1 Å². The summed E-state index contributed by atoms with van der Waals surface area (Å²) in [6, 6.07) is 9.30. The molecule has 2 N–H and O–H groups in total. The Morgan fingerprint density at radius 2 is 1.77 bits per heavy atom. The van der Waals surface area contributed by atoms with Gasteiger partial charge in [-0.2, -0.15) is 0 Å². The Kier molecular flexibility index (Phi) is 5.66. The van der Waals surface area contributed by atoms with Gasteiger partial charge in [0.1, 0.15) is 5.69 Å². The molecule has 5 nitrogen and oxygen atoms in total. The van der Waals surface area contributed by atoms with Crippen molar-refractivity contribution < 1.29 is 9.59 Å². The van der Waals surface area contributed by atoms with E-state index in [1.165, 1.54) is 12.6 Å². The number of aryl methyl sites for hydroxylation is 2. The standard InChI is InChI=1S/C21H25N3O2/c1-14-8-9-15(2)18(12-14)24-20(25)16-10-11-22-19(13-16)21(26)23-17-6-4-3-5-7-17/h8-13,17H,3-7H2,1-2H3,(H,23,26)(H,24,25). The number of benzene rings is 1. The molecule has 0 aliphatic heterocycles. The van der Waals surface area contributed by atoms with E-state index in [4.69, 9.17) is 0 Å². The van der Waals surface area contributed by atoms with Crippen LogP contribution in [0, 0.1) is 13.8 Å². The van der Waals surface area contributed by atoms with Crippen LogP contribution in [0.3, 0.4) is 0 Å². The van der Waals surface area contributed by atoms with Crippen molar-refractivity contribution in [2.24, 2.45) is 0 Å². The number of carbonyl (C=O) groups excluding carboxylic acids is 2. The molecule has 0 bridgehead atoms. The molecule has 1 fully saturated rings. The highest BCUT2D eigenvalue weighted by atomic mass is 16.2. The van der Waals surface area contributed by atoms with Crippen molar-refractivity contribution in [3.05, 3.63) is 58.9 Å². The van der Waals surface area contributed by atoms with E-state index >= 15 is 0 Å². The molecule has 26 heavy (non-hydrogen) atoms. The number of nitrogens with one attached hydrogen (secondary N) is 2. The van der Waals surface area contributed by atoms with Crippen LogP contribution in [0.1, 0.15) is 64.1 Å². The normalized spacial score (nSPS) is 14.7. The fourth-order valence-corrected chi connectivity index (χ4v) is 3.27. The Bertz CT molecular complexity index is 811. The van der Waals surface area contributed by atoms with E-state index in [0.29, 0.717) is 5.56 Å². The molecule has 0 spiro atoms. The molecule has 1 heterocycles. The lowest BCUT2D eigenvalue weighted by Crippen LogP contribution is -2.36. The Balaban J connectivity index is 1.70. The Morgan fingerprint density at radius 1 is 1.00 bits per heavy atom. The lowest BCUT2D eigenvalue weighted by atomic mass is 9.95. The molecule has 0 radical (unpaired) electrons. The summed E-state index contributed by atoms with van der Waals surface area (Å²) >= 11 is 0. The number of aromatic nitrogens is 1. The van der Waals surface area contributed by atoms with Crippen molar-refractivity contribution in [1.29, 1.82) is 0 Å². The first-order chi connectivity index (χ1) is 12.5. The maximum atomic E-state index is 12.6. The number of rotatable bonds is 4. The minimum atomic E-state index is -0.243. The quantitative estimate of drug-likeness (QED) is 0.874. The number of nitrogens with zero attached hydrogens (tertiary/aromatic N) is 1. The number of pyridine rings is 1. The summed E-state index contributed by atoms with van der Waals surface area (Å²) in [6.45, 7) is 3.93. The summed E-state index contributed by atoms with van der Waals surface area (Å²) in [5.74, 6) is -0.453. The van der Waals surface area contributed by atoms with Gasteiger partial charge in [-0.3, -0.25) is 14.6 Å². The Hall–Kier alpha value is -2.69. The Labute approximate surface area is 154 Å². The molecule has 1 saturated carbocycles. The fourth-order valence-electron chi connectivity index (χ4n) is 3.27. The molecule has 136 valence electrons. The zero-order chi connectivity index (χ0) is 18.5. The van der Waals surface area contributed by atoms with Crippen molar-refractivity contribution >= 4 is 17.5 Å². The second kappa shape index (κ2) is 8.13. The van der Waals surface area contributed by atoms with Crippen LogP contribution < -0.4 is 10.6 Å². The summed E-state index contributed by atoms with van der Waals surface area (Å²) < 4.78 is 0. The van der Waals surface area contributed by atoms with Gasteiger partial charge in [-0.25, -0.2) is 0 Å². The van der Waals surface area contributed by atoms with Gasteiger partial charge in [-0.05, 0) is 56.0 Å². The average Bonchev–Trinajstić information content (AvgIpc) is 2.65. The van der Waals surface area contributed by atoms with E-state index in [9.17, 15) is 9.59 Å². The zero-order valence-electron chi connectivity index (χ0n) is 15.3. The van der Waals surface area contributed by atoms with E-state index < -0.39 is 0 Å². The molecule has 2 aromatic rings. The van der Waals surface area contributed by atoms with Crippen LogP contribution in [0.5, 0.6) is 0 Å². The SMILES string of the molecule is Cc1ccc(C)c(NC(=O)c2ccnc(C(=O)NC3CCCCC3)c2)c1. The zero-order valence-corrected chi connectivity index (χ0v) is 15.3. The van der Waals surface area contributed by atoms with Crippen LogP contribution in [0.25, 0.3) is 0 Å². The second-order valence-electron chi connectivity index (χ2n) is 7.01. The van der Waals surface area contributed by atoms with Gasteiger partial charge in [0, 0.05) is 23.5 Å². The van der Waals surface area contributed by atoms with E-state index in [0.717, 1.165) is 42.5 Å². The predicted octanol–water partition coefficient (Wildman–Crippen LogP) is 4.01. The van der Waals surface area contributed by atoms with Crippen LogP contribution in [-0.4, -0.2) is 22.8 Å². The first kappa shape index (κ1) is 18.1. The maximum Gasteiger partial charge on any atom is 0.270 e. The number of anilines is 1. The molecular formula is C21H25N3O2. The van der Waals surface area contributed by atoms with Crippen LogP contribution >= 0.6 is 0 Å². The van der Waals surface area contributed by atoms with E-state index in [2.05, 4.69) is 15.6 Å². The van der Waals surface area contributed by atoms with Crippen molar-refractivity contribution in [2.75, 3.05) is 5.32 Å². The van der Waals surface area contributed by atoms with Gasteiger partial charge < -0.3 is 10.6 Å². The average molecular weight is 351 g/mol. The number of carbonyl (C=O) groups is 2. The monoisotopic (exact) mass is 351 g/mol. The molecule has 5 heteroatoms. The fraction of sp³-hybridized carbons (Fsp3) is 0.381. The number of hydrogen-bond donors (Lipinski definition) is 2. The maximum absolute atomic E-state index is 12.6. The highest BCUT2D eigenvalue weighted by Crippen LogP contribution is 2.19. The minimum Gasteiger partial charge on any atom is -0.348 e. The molecule has 0 unspecified atom stereocenters. The number of hydrogen-bond acceptors (Lipinski definition) is 3. The lowest BCUT2D eigenvalue weighted by molar-refractivity contribution is 0.0922. The van der Waals surface area contributed by atoms with Crippen molar-refractivity contribution in [3.8, 4) is 0 Å². The first-order valence-electron chi connectivity index (χ1n) is 9.18. The third kappa shape index (κ3) is 4.48. The van der Waals surface area contributed by atoms with Crippen molar-refractivity contribution in [1.82, 2.24) is 10.3 Å². The molecule has 1 aromatic heterocycles. The molecule has 3 rings (SSSR count). The predicted molar refractivity (Wildman–Crippen MR) is 102 cm³/mol. The molecule has 1 aromatic carbocycles. The molecular weight excluding hydrogens is 326 g/mol. The summed E-state index contributed by atoms with van der Waals surface area (Å²) in [4.78, 5) is 29.1. The van der Waals surface area contributed by atoms with Crippen LogP contribution in [0.4, 0.5) is 5.69 Å². The number of amides is 2. The minimum absolute atomic E-state index is 0.210. The van der Waals surface area contributed by atoms with E-state index in [-0.39, 0.29) is 23.6 Å². The van der Waals surface area contributed by atoms with Gasteiger partial charge in [-0.15, -0.1) is 0 Å². The van der Waals surface area contributed by atoms with E-state index in [1.807, 2.05) is 32.0 Å². The van der Waals surface area contributed by atoms with Crippen LogP contribution in [0.2, 0.25) is 0 Å². The molecule has 2 amide bonds. The molecule has 0 atom stereocenters. The second-order valence-corrected chi connectivity index (χ2v) is 7.01. The third-order valence-corrected chi connectivity index (χ3v) is 4.84. The smallest absolute Gasteiger partial charge is 0.270 e. The third-order valence-electron chi connectivity index (χ3n) is 4.84. The van der Waals surface area contributed by atoms with Gasteiger partial charge >= 0.3 is 0 Å². The first-order valence-corrected chi connectivity index (χ1v) is 9.18. The lowest BCUT2D eigenvalue weighted by Gasteiger charge is -2.22. The summed E-state index contributed by atoms with van der Waals surface area (Å²) in [7, 11) is 0. The van der Waals surface area contributed by atoms with Crippen LogP contribution in [-0.2, 0) is 0 Å². The molecule has 0 saturated heterocycles. The highest BCUT2D eigenvalue weighted by molar-refractivity contribution is 6.06.